The molecular weight excluding hydrogens is 297 g/mol. The van der Waals surface area contributed by atoms with Crippen molar-refractivity contribution in [3.63, 3.8) is 0 Å². The van der Waals surface area contributed by atoms with Crippen LogP contribution >= 0.6 is 0 Å². The topological polar surface area (TPSA) is 12.4 Å². The summed E-state index contributed by atoms with van der Waals surface area (Å²) in [5.41, 5.74) is 4.21. The van der Waals surface area contributed by atoms with Gasteiger partial charge in [0.05, 0.1) is 0 Å². The van der Waals surface area contributed by atoms with E-state index in [4.69, 9.17) is 4.99 Å². The lowest BCUT2D eigenvalue weighted by Crippen LogP contribution is -1.99. The maximum atomic E-state index is 12.7. The first kappa shape index (κ1) is 16.4. The molecule has 0 spiro atoms. The van der Waals surface area contributed by atoms with E-state index in [9.17, 15) is 4.39 Å². The summed E-state index contributed by atoms with van der Waals surface area (Å²) >= 11 is 0. The third-order valence-corrected chi connectivity index (χ3v) is 4.30. The molecule has 0 saturated heterocycles. The lowest BCUT2D eigenvalue weighted by Gasteiger charge is -2.07. The maximum absolute atomic E-state index is 12.7. The molecule has 2 heteroatoms. The standard InChI is InChI=1S/C22H22FN/c1-17(21-13-5-11-20-10-2-3-12-22(20)21)24-14-6-9-18-7-4-8-19(15-18)16-23/h2-5,7-8,10-13,15H,6,9,14,16H2,1H3/b24-17+. The molecule has 0 aliphatic heterocycles. The van der Waals surface area contributed by atoms with Gasteiger partial charge in [-0.3, -0.25) is 4.99 Å². The van der Waals surface area contributed by atoms with Gasteiger partial charge in [0.1, 0.15) is 6.67 Å². The lowest BCUT2D eigenvalue weighted by molar-refractivity contribution is 0.485. The molecule has 24 heavy (non-hydrogen) atoms. The van der Waals surface area contributed by atoms with E-state index in [1.54, 1.807) is 0 Å². The summed E-state index contributed by atoms with van der Waals surface area (Å²) in [5.74, 6) is 0. The number of rotatable bonds is 6. The molecule has 0 fully saturated rings. The van der Waals surface area contributed by atoms with E-state index in [1.165, 1.54) is 21.9 Å². The van der Waals surface area contributed by atoms with Crippen molar-refractivity contribution < 1.29 is 4.39 Å². The van der Waals surface area contributed by atoms with Crippen LogP contribution in [0.3, 0.4) is 0 Å². The molecule has 3 aromatic rings. The summed E-state index contributed by atoms with van der Waals surface area (Å²) in [5, 5.41) is 2.49. The van der Waals surface area contributed by atoms with Crippen molar-refractivity contribution in [3.05, 3.63) is 83.4 Å². The van der Waals surface area contributed by atoms with Gasteiger partial charge >= 0.3 is 0 Å². The average molecular weight is 319 g/mol. The summed E-state index contributed by atoms with van der Waals surface area (Å²) in [6.07, 6.45) is 1.90. The van der Waals surface area contributed by atoms with E-state index >= 15 is 0 Å². The monoisotopic (exact) mass is 319 g/mol. The van der Waals surface area contributed by atoms with Gasteiger partial charge in [0, 0.05) is 17.8 Å². The first-order valence-electron chi connectivity index (χ1n) is 8.41. The van der Waals surface area contributed by atoms with E-state index in [2.05, 4.69) is 55.5 Å². The van der Waals surface area contributed by atoms with Gasteiger partial charge < -0.3 is 0 Å². The normalized spacial score (nSPS) is 11.8. The van der Waals surface area contributed by atoms with E-state index in [0.717, 1.165) is 30.7 Å². The Labute approximate surface area is 142 Å². The Morgan fingerprint density at radius 2 is 1.67 bits per heavy atom. The number of fused-ring (bicyclic) bond motifs is 1. The minimum absolute atomic E-state index is 0.397. The number of benzene rings is 3. The molecule has 0 atom stereocenters. The van der Waals surface area contributed by atoms with Gasteiger partial charge in [0.2, 0.25) is 0 Å². The first-order chi connectivity index (χ1) is 11.8. The predicted octanol–water partition coefficient (Wildman–Crippen LogP) is 5.75. The average Bonchev–Trinajstić information content (AvgIpc) is 2.64. The number of alkyl halides is 1. The van der Waals surface area contributed by atoms with Crippen LogP contribution in [0.5, 0.6) is 0 Å². The Bertz CT molecular complexity index is 846. The minimum atomic E-state index is -0.397. The van der Waals surface area contributed by atoms with Crippen molar-refractivity contribution in [2.75, 3.05) is 6.54 Å². The summed E-state index contributed by atoms with van der Waals surface area (Å²) in [6, 6.07) is 22.5. The predicted molar refractivity (Wildman–Crippen MR) is 101 cm³/mol. The highest BCUT2D eigenvalue weighted by molar-refractivity contribution is 6.09. The largest absolute Gasteiger partial charge is 0.289 e. The zero-order chi connectivity index (χ0) is 16.8. The summed E-state index contributed by atoms with van der Waals surface area (Å²) < 4.78 is 12.7. The van der Waals surface area contributed by atoms with Gasteiger partial charge in [0.15, 0.2) is 0 Å². The highest BCUT2D eigenvalue weighted by atomic mass is 19.1. The van der Waals surface area contributed by atoms with Gasteiger partial charge in [-0.2, -0.15) is 0 Å². The third-order valence-electron chi connectivity index (χ3n) is 4.30. The summed E-state index contributed by atoms with van der Waals surface area (Å²) in [4.78, 5) is 4.74. The van der Waals surface area contributed by atoms with Crippen LogP contribution in [0.25, 0.3) is 10.8 Å². The molecule has 0 amide bonds. The molecule has 0 aliphatic rings. The van der Waals surface area contributed by atoms with Crippen LogP contribution < -0.4 is 0 Å². The van der Waals surface area contributed by atoms with Crippen LogP contribution in [0.4, 0.5) is 4.39 Å². The van der Waals surface area contributed by atoms with Crippen molar-refractivity contribution in [1.29, 1.82) is 0 Å². The van der Waals surface area contributed by atoms with E-state index in [0.29, 0.717) is 0 Å². The van der Waals surface area contributed by atoms with E-state index in [-0.39, 0.29) is 0 Å². The zero-order valence-corrected chi connectivity index (χ0v) is 14.0. The minimum Gasteiger partial charge on any atom is -0.289 e. The summed E-state index contributed by atoms with van der Waals surface area (Å²) in [6.45, 7) is 2.46. The number of aryl methyl sites for hydroxylation is 1. The van der Waals surface area contributed by atoms with E-state index < -0.39 is 6.67 Å². The van der Waals surface area contributed by atoms with Crippen LogP contribution in [0, 0.1) is 0 Å². The quantitative estimate of drug-likeness (QED) is 0.405. The highest BCUT2D eigenvalue weighted by Crippen LogP contribution is 2.19. The Morgan fingerprint density at radius 3 is 2.54 bits per heavy atom. The van der Waals surface area contributed by atoms with Crippen molar-refractivity contribution in [1.82, 2.24) is 0 Å². The van der Waals surface area contributed by atoms with Crippen LogP contribution in [0.15, 0.2) is 71.7 Å². The lowest BCUT2D eigenvalue weighted by atomic mass is 10.0. The van der Waals surface area contributed by atoms with Crippen LogP contribution in [0.2, 0.25) is 0 Å². The van der Waals surface area contributed by atoms with Gasteiger partial charge in [-0.05, 0) is 41.7 Å². The maximum Gasteiger partial charge on any atom is 0.115 e. The van der Waals surface area contributed by atoms with Crippen molar-refractivity contribution in [2.45, 2.75) is 26.4 Å². The Kier molecular flexibility index (Phi) is 5.37. The van der Waals surface area contributed by atoms with E-state index in [1.807, 2.05) is 18.2 Å². The van der Waals surface area contributed by atoms with Gasteiger partial charge in [0.25, 0.3) is 0 Å². The molecule has 3 rings (SSSR count). The highest BCUT2D eigenvalue weighted by Gasteiger charge is 2.03. The fourth-order valence-electron chi connectivity index (χ4n) is 3.02. The van der Waals surface area contributed by atoms with Crippen molar-refractivity contribution in [3.8, 4) is 0 Å². The van der Waals surface area contributed by atoms with Crippen LogP contribution in [0.1, 0.15) is 30.0 Å². The number of nitrogens with zero attached hydrogens (tertiary/aromatic N) is 1. The molecule has 0 heterocycles. The molecule has 0 radical (unpaired) electrons. The molecule has 0 unspecified atom stereocenters. The van der Waals surface area contributed by atoms with Crippen molar-refractivity contribution in [2.24, 2.45) is 4.99 Å². The molecule has 1 nitrogen and oxygen atoms in total. The second kappa shape index (κ2) is 7.87. The fourth-order valence-corrected chi connectivity index (χ4v) is 3.02. The molecular formula is C22H22FN. The molecule has 0 aromatic heterocycles. The van der Waals surface area contributed by atoms with Gasteiger partial charge in [-0.15, -0.1) is 0 Å². The Hall–Kier alpha value is -2.48. The van der Waals surface area contributed by atoms with Crippen LogP contribution in [-0.2, 0) is 13.1 Å². The SMILES string of the molecule is C/C(=N\CCCc1cccc(CF)c1)c1cccc2ccccc12. The molecule has 122 valence electrons. The fraction of sp³-hybridized carbons (Fsp3) is 0.227. The first-order valence-corrected chi connectivity index (χ1v) is 8.41. The molecule has 0 bridgehead atoms. The van der Waals surface area contributed by atoms with Gasteiger partial charge in [-0.1, -0.05) is 66.7 Å². The Balaban J connectivity index is 1.65. The molecule has 3 aromatic carbocycles. The number of hydrogen-bond donors (Lipinski definition) is 0. The Morgan fingerprint density at radius 1 is 0.917 bits per heavy atom. The molecule has 0 saturated carbocycles. The number of hydrogen-bond acceptors (Lipinski definition) is 1. The second-order valence-electron chi connectivity index (χ2n) is 6.05. The zero-order valence-electron chi connectivity index (χ0n) is 14.0. The van der Waals surface area contributed by atoms with Crippen molar-refractivity contribution >= 4 is 16.5 Å². The third kappa shape index (κ3) is 3.88. The number of halogens is 1. The smallest absolute Gasteiger partial charge is 0.115 e. The number of aliphatic imine (C=N–C) groups is 1. The molecule has 0 aliphatic carbocycles. The second-order valence-corrected chi connectivity index (χ2v) is 6.05. The summed E-state index contributed by atoms with van der Waals surface area (Å²) in [7, 11) is 0. The van der Waals surface area contributed by atoms with Gasteiger partial charge in [-0.25, -0.2) is 4.39 Å². The molecule has 0 N–H and O–H groups in total. The van der Waals surface area contributed by atoms with Crippen LogP contribution in [-0.4, -0.2) is 12.3 Å².